The van der Waals surface area contributed by atoms with Crippen molar-refractivity contribution in [1.29, 1.82) is 0 Å². The van der Waals surface area contributed by atoms with Gasteiger partial charge in [0.05, 0.1) is 28.9 Å². The summed E-state index contributed by atoms with van der Waals surface area (Å²) >= 11 is 5.93. The number of carboxylic acids is 1. The maximum absolute atomic E-state index is 13.7. The SMILES string of the molecule is CC(OC(=O)N[C@@H](Cc1cccc(S(=O)(=O)N2CC(Oc3ccc(F)c(Cl)c3)(c3ccccc3)C2)c1)C(=O)O)OC(=O)C(C)C. The molecular formula is C31H32ClFN2O9S. The summed E-state index contributed by atoms with van der Waals surface area (Å²) in [4.78, 5) is 35.8. The van der Waals surface area contributed by atoms with Crippen LogP contribution in [0.25, 0.3) is 0 Å². The summed E-state index contributed by atoms with van der Waals surface area (Å²) < 4.78 is 58.3. The number of hydrogen-bond donors (Lipinski definition) is 2. The van der Waals surface area contributed by atoms with Gasteiger partial charge in [0.25, 0.3) is 0 Å². The lowest BCUT2D eigenvalue weighted by atomic mass is 9.87. The second-order valence-corrected chi connectivity index (χ2v) is 13.1. The van der Waals surface area contributed by atoms with Gasteiger partial charge in [0, 0.05) is 19.4 Å². The van der Waals surface area contributed by atoms with Gasteiger partial charge in [-0.25, -0.2) is 22.4 Å². The number of carbonyl (C=O) groups excluding carboxylic acids is 2. The maximum Gasteiger partial charge on any atom is 0.410 e. The van der Waals surface area contributed by atoms with Crippen LogP contribution >= 0.6 is 11.6 Å². The molecule has 2 N–H and O–H groups in total. The van der Waals surface area contributed by atoms with Crippen molar-refractivity contribution in [2.24, 2.45) is 5.92 Å². The lowest BCUT2D eigenvalue weighted by molar-refractivity contribution is -0.169. The van der Waals surface area contributed by atoms with E-state index in [-0.39, 0.29) is 35.2 Å². The standard InChI is InChI=1S/C31H32ClFN2O9S/c1-19(2)29(38)42-20(3)43-30(39)34-27(28(36)37)15-21-8-7-11-24(14-21)45(40,41)35-17-31(18-35,22-9-5-4-6-10-22)44-23-12-13-26(33)25(32)16-23/h4-14,16,19-20,27H,15,17-18H2,1-3H3,(H,34,39)(H,36,37)/t20?,27-/m0/s1. The smallest absolute Gasteiger partial charge is 0.410 e. The lowest BCUT2D eigenvalue weighted by Crippen LogP contribution is -2.64. The van der Waals surface area contributed by atoms with Crippen molar-refractivity contribution in [3.8, 4) is 5.75 Å². The van der Waals surface area contributed by atoms with E-state index in [1.165, 1.54) is 47.6 Å². The molecule has 0 aliphatic carbocycles. The number of halogens is 2. The third-order valence-electron chi connectivity index (χ3n) is 6.96. The van der Waals surface area contributed by atoms with Crippen LogP contribution in [0.3, 0.4) is 0 Å². The molecule has 0 saturated carbocycles. The summed E-state index contributed by atoms with van der Waals surface area (Å²) in [6.45, 7) is 4.38. The highest BCUT2D eigenvalue weighted by Crippen LogP contribution is 2.40. The number of carbonyl (C=O) groups is 3. The number of esters is 1. The van der Waals surface area contributed by atoms with Crippen LogP contribution in [-0.4, -0.2) is 61.3 Å². The Kier molecular flexibility index (Phi) is 10.4. The number of benzene rings is 3. The van der Waals surface area contributed by atoms with Gasteiger partial charge in [-0.15, -0.1) is 0 Å². The van der Waals surface area contributed by atoms with Gasteiger partial charge in [-0.3, -0.25) is 4.79 Å². The van der Waals surface area contributed by atoms with E-state index >= 15 is 0 Å². The average molecular weight is 663 g/mol. The van der Waals surface area contributed by atoms with E-state index in [0.717, 1.165) is 6.07 Å². The molecule has 0 aromatic heterocycles. The van der Waals surface area contributed by atoms with Crippen molar-refractivity contribution in [1.82, 2.24) is 9.62 Å². The van der Waals surface area contributed by atoms with Crippen molar-refractivity contribution >= 4 is 39.7 Å². The van der Waals surface area contributed by atoms with Gasteiger partial charge < -0.3 is 24.6 Å². The number of nitrogens with one attached hydrogen (secondary N) is 1. The number of amides is 1. The summed E-state index contributed by atoms with van der Waals surface area (Å²) in [5, 5.41) is 11.8. The fourth-order valence-electron chi connectivity index (χ4n) is 4.58. The second kappa shape index (κ2) is 13.8. The molecular weight excluding hydrogens is 631 g/mol. The third-order valence-corrected chi connectivity index (χ3v) is 9.04. The Bertz CT molecular complexity index is 1660. The molecule has 3 aromatic rings. The molecule has 3 aromatic carbocycles. The van der Waals surface area contributed by atoms with Crippen LogP contribution in [0.5, 0.6) is 5.75 Å². The molecule has 1 aliphatic heterocycles. The average Bonchev–Trinajstić information content (AvgIpc) is 2.96. The van der Waals surface area contributed by atoms with Gasteiger partial charge in [0.2, 0.25) is 16.3 Å². The highest BCUT2D eigenvalue weighted by molar-refractivity contribution is 7.89. The summed E-state index contributed by atoms with van der Waals surface area (Å²) in [7, 11) is -4.07. The van der Waals surface area contributed by atoms with Crippen molar-refractivity contribution in [2.45, 2.75) is 50.0 Å². The predicted molar refractivity (Wildman–Crippen MR) is 160 cm³/mol. The minimum atomic E-state index is -4.07. The second-order valence-electron chi connectivity index (χ2n) is 10.8. The van der Waals surface area contributed by atoms with Gasteiger partial charge in [-0.1, -0.05) is 67.9 Å². The largest absolute Gasteiger partial charge is 0.480 e. The molecule has 45 heavy (non-hydrogen) atoms. The van der Waals surface area contributed by atoms with Gasteiger partial charge >= 0.3 is 18.0 Å². The highest BCUT2D eigenvalue weighted by atomic mass is 35.5. The van der Waals surface area contributed by atoms with E-state index in [1.807, 2.05) is 6.07 Å². The highest BCUT2D eigenvalue weighted by Gasteiger charge is 2.52. The summed E-state index contributed by atoms with van der Waals surface area (Å²) in [6.07, 6.45) is -2.65. The number of carboxylic acid groups (broad SMARTS) is 1. The molecule has 1 amide bonds. The first-order valence-electron chi connectivity index (χ1n) is 13.9. The molecule has 1 heterocycles. The first-order chi connectivity index (χ1) is 21.2. The molecule has 240 valence electrons. The van der Waals surface area contributed by atoms with E-state index in [1.54, 1.807) is 38.1 Å². The normalized spacial score (nSPS) is 15.8. The zero-order valence-electron chi connectivity index (χ0n) is 24.6. The zero-order valence-corrected chi connectivity index (χ0v) is 26.2. The molecule has 1 aliphatic rings. The molecule has 4 rings (SSSR count). The molecule has 0 radical (unpaired) electrons. The topological polar surface area (TPSA) is 149 Å². The number of nitrogens with zero attached hydrogens (tertiary/aromatic N) is 1. The first-order valence-corrected chi connectivity index (χ1v) is 15.7. The fraction of sp³-hybridized carbons (Fsp3) is 0.323. The molecule has 1 unspecified atom stereocenters. The van der Waals surface area contributed by atoms with E-state index in [4.69, 9.17) is 25.8 Å². The number of aliphatic carboxylic acids is 1. The molecule has 1 saturated heterocycles. The summed E-state index contributed by atoms with van der Waals surface area (Å²) in [5.41, 5.74) is -0.0526. The summed E-state index contributed by atoms with van der Waals surface area (Å²) in [5.74, 6) is -2.79. The van der Waals surface area contributed by atoms with E-state index in [2.05, 4.69) is 5.32 Å². The van der Waals surface area contributed by atoms with Crippen LogP contribution in [0.2, 0.25) is 5.02 Å². The van der Waals surface area contributed by atoms with Crippen molar-refractivity contribution in [3.05, 3.63) is 94.8 Å². The van der Waals surface area contributed by atoms with Crippen LogP contribution in [0, 0.1) is 11.7 Å². The molecule has 0 bridgehead atoms. The molecule has 11 nitrogen and oxygen atoms in total. The monoisotopic (exact) mass is 662 g/mol. The van der Waals surface area contributed by atoms with Crippen LogP contribution < -0.4 is 10.1 Å². The molecule has 1 fully saturated rings. The van der Waals surface area contributed by atoms with Crippen molar-refractivity contribution in [3.63, 3.8) is 0 Å². The Morgan fingerprint density at radius 3 is 2.31 bits per heavy atom. The summed E-state index contributed by atoms with van der Waals surface area (Å²) in [6, 6.07) is 17.1. The lowest BCUT2D eigenvalue weighted by Gasteiger charge is -2.48. The Balaban J connectivity index is 1.47. The number of sulfonamides is 1. The zero-order chi connectivity index (χ0) is 32.9. The molecule has 0 spiro atoms. The number of hydrogen-bond acceptors (Lipinski definition) is 8. The Hall–Kier alpha value is -4.20. The fourth-order valence-corrected chi connectivity index (χ4v) is 6.35. The number of ether oxygens (including phenoxy) is 3. The van der Waals surface area contributed by atoms with Crippen molar-refractivity contribution in [2.75, 3.05) is 13.1 Å². The Morgan fingerprint density at radius 1 is 1.00 bits per heavy atom. The molecule has 14 heteroatoms. The van der Waals surface area contributed by atoms with Gasteiger partial charge in [-0.2, -0.15) is 4.31 Å². The predicted octanol–water partition coefficient (Wildman–Crippen LogP) is 4.73. The third kappa shape index (κ3) is 8.10. The molecule has 2 atom stereocenters. The van der Waals surface area contributed by atoms with E-state index in [9.17, 15) is 32.3 Å². The van der Waals surface area contributed by atoms with E-state index < -0.39 is 57.7 Å². The van der Waals surface area contributed by atoms with Crippen LogP contribution in [0.15, 0.2) is 77.7 Å². The number of rotatable bonds is 12. The quantitative estimate of drug-likeness (QED) is 0.207. The minimum absolute atomic E-state index is 0.0662. The van der Waals surface area contributed by atoms with Gasteiger partial charge in [0.1, 0.15) is 17.6 Å². The van der Waals surface area contributed by atoms with E-state index in [0.29, 0.717) is 11.1 Å². The minimum Gasteiger partial charge on any atom is -0.480 e. The van der Waals surface area contributed by atoms with Crippen LogP contribution in [0.4, 0.5) is 9.18 Å². The van der Waals surface area contributed by atoms with Crippen LogP contribution in [0.1, 0.15) is 31.9 Å². The Morgan fingerprint density at radius 2 is 1.69 bits per heavy atom. The Labute approximate surface area is 264 Å². The van der Waals surface area contributed by atoms with Gasteiger partial charge in [-0.05, 0) is 35.4 Å². The van der Waals surface area contributed by atoms with Crippen LogP contribution in [-0.2, 0) is 41.1 Å². The van der Waals surface area contributed by atoms with Gasteiger partial charge in [0.15, 0.2) is 5.60 Å². The first kappa shape index (κ1) is 33.7. The number of alkyl carbamates (subject to hydrolysis) is 1. The maximum atomic E-state index is 13.7. The van der Waals surface area contributed by atoms with Crippen molar-refractivity contribution < 1.29 is 46.5 Å².